The van der Waals surface area contributed by atoms with Crippen LogP contribution >= 0.6 is 0 Å². The average molecular weight is 246 g/mol. The van der Waals surface area contributed by atoms with Gasteiger partial charge >= 0.3 is 0 Å². The lowest BCUT2D eigenvalue weighted by atomic mass is 10.1. The Morgan fingerprint density at radius 2 is 2.06 bits per heavy atom. The Bertz CT molecular complexity index is 479. The van der Waals surface area contributed by atoms with E-state index in [0.29, 0.717) is 12.8 Å². The summed E-state index contributed by atoms with van der Waals surface area (Å²) in [6.07, 6.45) is 0.825. The molecule has 18 heavy (non-hydrogen) atoms. The second-order valence-corrected chi connectivity index (χ2v) is 4.46. The minimum atomic E-state index is 0.0252. The number of amides is 2. The van der Waals surface area contributed by atoms with Crippen LogP contribution in [-0.4, -0.2) is 29.8 Å². The van der Waals surface area contributed by atoms with E-state index in [2.05, 4.69) is 5.32 Å². The Balaban J connectivity index is 2.09. The molecule has 0 aromatic heterocycles. The molecule has 0 bridgehead atoms. The van der Waals surface area contributed by atoms with Crippen LogP contribution in [0.25, 0.3) is 0 Å². The lowest BCUT2D eigenvalue weighted by Gasteiger charge is -2.18. The molecule has 0 fully saturated rings. The Kier molecular flexibility index (Phi) is 3.65. The number of hydrogen-bond acceptors (Lipinski definition) is 2. The van der Waals surface area contributed by atoms with Crippen LogP contribution in [0, 0.1) is 0 Å². The first-order valence-electron chi connectivity index (χ1n) is 6.33. The molecule has 2 rings (SSSR count). The highest BCUT2D eigenvalue weighted by Gasteiger charge is 2.18. The average Bonchev–Trinajstić information content (AvgIpc) is 2.70. The van der Waals surface area contributed by atoms with Gasteiger partial charge in [0.05, 0.1) is 12.8 Å². The molecule has 0 radical (unpaired) electrons. The van der Waals surface area contributed by atoms with Crippen molar-refractivity contribution in [1.82, 2.24) is 4.90 Å². The van der Waals surface area contributed by atoms with E-state index in [1.54, 1.807) is 0 Å². The molecule has 1 N–H and O–H groups in total. The predicted molar refractivity (Wildman–Crippen MR) is 70.4 cm³/mol. The van der Waals surface area contributed by atoms with Crippen LogP contribution in [0.15, 0.2) is 18.2 Å². The van der Waals surface area contributed by atoms with Crippen molar-refractivity contribution in [1.29, 1.82) is 0 Å². The highest BCUT2D eigenvalue weighted by atomic mass is 16.2. The number of benzene rings is 1. The number of anilines is 1. The largest absolute Gasteiger partial charge is 0.343 e. The quantitative estimate of drug-likeness (QED) is 0.877. The van der Waals surface area contributed by atoms with E-state index in [-0.39, 0.29) is 11.8 Å². The van der Waals surface area contributed by atoms with E-state index in [4.69, 9.17) is 0 Å². The van der Waals surface area contributed by atoms with Crippen LogP contribution in [0.1, 0.15) is 25.0 Å². The Hall–Kier alpha value is -1.84. The Labute approximate surface area is 107 Å². The summed E-state index contributed by atoms with van der Waals surface area (Å²) in [7, 11) is 0. The fraction of sp³-hybridized carbons (Fsp3) is 0.429. The number of carbonyl (C=O) groups is 2. The van der Waals surface area contributed by atoms with Crippen molar-refractivity contribution in [2.75, 3.05) is 18.4 Å². The maximum absolute atomic E-state index is 12.0. The van der Waals surface area contributed by atoms with Crippen LogP contribution in [0.2, 0.25) is 0 Å². The van der Waals surface area contributed by atoms with Gasteiger partial charge < -0.3 is 10.2 Å². The second-order valence-electron chi connectivity index (χ2n) is 4.46. The Morgan fingerprint density at radius 1 is 1.33 bits per heavy atom. The highest BCUT2D eigenvalue weighted by Crippen LogP contribution is 2.24. The molecule has 0 spiro atoms. The standard InChI is InChI=1S/C14H18N2O2/c1-3-16(4-2)14(18)8-10-5-6-12-11(7-10)9-13(17)15-12/h5-7H,3-4,8-9H2,1-2H3,(H,15,17). The molecule has 1 heterocycles. The summed E-state index contributed by atoms with van der Waals surface area (Å²) in [5.41, 5.74) is 2.84. The molecule has 0 unspecified atom stereocenters. The predicted octanol–water partition coefficient (Wildman–Crippen LogP) is 1.59. The molecule has 1 aromatic rings. The van der Waals surface area contributed by atoms with Gasteiger partial charge in [-0.2, -0.15) is 0 Å². The number of nitrogens with zero attached hydrogens (tertiary/aromatic N) is 1. The zero-order chi connectivity index (χ0) is 13.1. The number of nitrogens with one attached hydrogen (secondary N) is 1. The third kappa shape index (κ3) is 2.53. The molecule has 2 amide bonds. The van der Waals surface area contributed by atoms with Crippen molar-refractivity contribution in [3.63, 3.8) is 0 Å². The van der Waals surface area contributed by atoms with Gasteiger partial charge in [0.25, 0.3) is 0 Å². The zero-order valence-corrected chi connectivity index (χ0v) is 10.8. The summed E-state index contributed by atoms with van der Waals surface area (Å²) in [6, 6.07) is 5.74. The summed E-state index contributed by atoms with van der Waals surface area (Å²) in [4.78, 5) is 25.0. The lowest BCUT2D eigenvalue weighted by molar-refractivity contribution is -0.130. The fourth-order valence-electron chi connectivity index (χ4n) is 2.26. The highest BCUT2D eigenvalue weighted by molar-refractivity contribution is 5.99. The molecule has 4 nitrogen and oxygen atoms in total. The third-order valence-electron chi connectivity index (χ3n) is 3.27. The minimum absolute atomic E-state index is 0.0252. The number of likely N-dealkylation sites (N-methyl/N-ethyl adjacent to an activating group) is 1. The van der Waals surface area contributed by atoms with E-state index in [0.717, 1.165) is 29.9 Å². The SMILES string of the molecule is CCN(CC)C(=O)Cc1ccc2c(c1)CC(=O)N2. The number of rotatable bonds is 4. The first-order chi connectivity index (χ1) is 8.63. The summed E-state index contributed by atoms with van der Waals surface area (Å²) < 4.78 is 0. The van der Waals surface area contributed by atoms with E-state index in [1.165, 1.54) is 0 Å². The lowest BCUT2D eigenvalue weighted by Crippen LogP contribution is -2.31. The van der Waals surface area contributed by atoms with E-state index in [9.17, 15) is 9.59 Å². The van der Waals surface area contributed by atoms with E-state index >= 15 is 0 Å². The van der Waals surface area contributed by atoms with Crippen molar-refractivity contribution in [3.8, 4) is 0 Å². The summed E-state index contributed by atoms with van der Waals surface area (Å²) in [5.74, 6) is 0.162. The van der Waals surface area contributed by atoms with Gasteiger partial charge in [0.2, 0.25) is 11.8 Å². The molecular formula is C14H18N2O2. The van der Waals surface area contributed by atoms with Crippen molar-refractivity contribution in [3.05, 3.63) is 29.3 Å². The van der Waals surface area contributed by atoms with Crippen molar-refractivity contribution in [2.24, 2.45) is 0 Å². The van der Waals surface area contributed by atoms with E-state index < -0.39 is 0 Å². The molecule has 0 saturated heterocycles. The molecular weight excluding hydrogens is 228 g/mol. The first kappa shape index (κ1) is 12.6. The van der Waals surface area contributed by atoms with Crippen LogP contribution in [0.4, 0.5) is 5.69 Å². The van der Waals surface area contributed by atoms with Crippen LogP contribution < -0.4 is 5.32 Å². The smallest absolute Gasteiger partial charge is 0.228 e. The first-order valence-corrected chi connectivity index (χ1v) is 6.33. The maximum atomic E-state index is 12.0. The molecule has 1 aliphatic rings. The summed E-state index contributed by atoms with van der Waals surface area (Å²) in [6.45, 7) is 5.43. The number of fused-ring (bicyclic) bond motifs is 1. The van der Waals surface area contributed by atoms with E-state index in [1.807, 2.05) is 36.9 Å². The number of carbonyl (C=O) groups excluding carboxylic acids is 2. The molecule has 0 saturated carbocycles. The summed E-state index contributed by atoms with van der Waals surface area (Å²) in [5, 5.41) is 2.79. The van der Waals surface area contributed by atoms with Gasteiger partial charge in [0.1, 0.15) is 0 Å². The van der Waals surface area contributed by atoms with Gasteiger partial charge in [0, 0.05) is 18.8 Å². The minimum Gasteiger partial charge on any atom is -0.343 e. The summed E-state index contributed by atoms with van der Waals surface area (Å²) >= 11 is 0. The van der Waals surface area contributed by atoms with Crippen molar-refractivity contribution >= 4 is 17.5 Å². The van der Waals surface area contributed by atoms with Crippen LogP contribution in [0.5, 0.6) is 0 Å². The fourth-order valence-corrected chi connectivity index (χ4v) is 2.26. The van der Waals surface area contributed by atoms with Crippen molar-refractivity contribution in [2.45, 2.75) is 26.7 Å². The van der Waals surface area contributed by atoms with Gasteiger partial charge in [-0.1, -0.05) is 12.1 Å². The van der Waals surface area contributed by atoms with Gasteiger partial charge in [-0.25, -0.2) is 0 Å². The van der Waals surface area contributed by atoms with Gasteiger partial charge in [-0.05, 0) is 31.0 Å². The molecule has 96 valence electrons. The van der Waals surface area contributed by atoms with Gasteiger partial charge in [-0.15, -0.1) is 0 Å². The van der Waals surface area contributed by atoms with Crippen LogP contribution in [0.3, 0.4) is 0 Å². The van der Waals surface area contributed by atoms with Crippen molar-refractivity contribution < 1.29 is 9.59 Å². The maximum Gasteiger partial charge on any atom is 0.228 e. The topological polar surface area (TPSA) is 49.4 Å². The Morgan fingerprint density at radius 3 is 2.72 bits per heavy atom. The molecule has 1 aliphatic heterocycles. The van der Waals surface area contributed by atoms with Gasteiger partial charge in [0.15, 0.2) is 0 Å². The monoisotopic (exact) mass is 246 g/mol. The zero-order valence-electron chi connectivity index (χ0n) is 10.8. The van der Waals surface area contributed by atoms with Crippen LogP contribution in [-0.2, 0) is 22.4 Å². The molecule has 0 atom stereocenters. The molecule has 4 heteroatoms. The normalized spacial score (nSPS) is 13.1. The number of hydrogen-bond donors (Lipinski definition) is 1. The van der Waals surface area contributed by atoms with Gasteiger partial charge in [-0.3, -0.25) is 9.59 Å². The molecule has 1 aromatic carbocycles. The third-order valence-corrected chi connectivity index (χ3v) is 3.27. The molecule has 0 aliphatic carbocycles. The second kappa shape index (κ2) is 5.21.